The van der Waals surface area contributed by atoms with E-state index < -0.39 is 5.60 Å². The van der Waals surface area contributed by atoms with Crippen LogP contribution in [-0.2, 0) is 11.2 Å². The van der Waals surface area contributed by atoms with E-state index in [0.29, 0.717) is 6.42 Å². The van der Waals surface area contributed by atoms with Gasteiger partial charge < -0.3 is 9.84 Å². The first-order chi connectivity index (χ1) is 9.54. The Kier molecular flexibility index (Phi) is 3.52. The zero-order valence-corrected chi connectivity index (χ0v) is 12.2. The van der Waals surface area contributed by atoms with Crippen molar-refractivity contribution in [1.82, 2.24) is 9.78 Å². The minimum absolute atomic E-state index is 0.0543. The third-order valence-electron chi connectivity index (χ3n) is 3.78. The normalized spacial score (nSPS) is 20.4. The molecule has 108 valence electrons. The molecule has 1 saturated heterocycles. The summed E-state index contributed by atoms with van der Waals surface area (Å²) in [5.74, 6) is 0. The molecule has 0 amide bonds. The van der Waals surface area contributed by atoms with Gasteiger partial charge in [0.25, 0.3) is 0 Å². The topological polar surface area (TPSA) is 47.3 Å². The maximum Gasteiger partial charge on any atom is 0.150 e. The summed E-state index contributed by atoms with van der Waals surface area (Å²) in [6, 6.07) is 6.17. The molecule has 0 radical (unpaired) electrons. The van der Waals surface area contributed by atoms with Crippen molar-refractivity contribution in [3.63, 3.8) is 0 Å². The van der Waals surface area contributed by atoms with Crippen LogP contribution in [0.3, 0.4) is 0 Å². The Morgan fingerprint density at radius 3 is 2.95 bits per heavy atom. The average Bonchev–Trinajstić information content (AvgIpc) is 2.83. The average molecular weight is 274 g/mol. The summed E-state index contributed by atoms with van der Waals surface area (Å²) in [6.07, 6.45) is 5.93. The molecule has 0 bridgehead atoms. The Morgan fingerprint density at radius 2 is 2.25 bits per heavy atom. The largest absolute Gasteiger partial charge is 0.390 e. The lowest BCUT2D eigenvalue weighted by atomic mass is 9.96. The van der Waals surface area contributed by atoms with Gasteiger partial charge in [-0.3, -0.25) is 0 Å². The van der Waals surface area contributed by atoms with Crippen molar-refractivity contribution >= 4 is 10.9 Å². The molecular formula is C16H22N2O2. The van der Waals surface area contributed by atoms with Crippen LogP contribution in [-0.4, -0.2) is 27.1 Å². The molecule has 2 heterocycles. The fourth-order valence-electron chi connectivity index (χ4n) is 2.90. The standard InChI is InChI=1S/C16H22N2O2/c1-16(2,19)10-12-6-5-7-14-13(12)11-17-18(14)15-8-3-4-9-20-15/h5-7,11,15,19H,3-4,8-10H2,1-2H3. The van der Waals surface area contributed by atoms with Crippen molar-refractivity contribution in [2.24, 2.45) is 0 Å². The second-order valence-corrected chi connectivity index (χ2v) is 6.25. The third kappa shape index (κ3) is 2.72. The van der Waals surface area contributed by atoms with E-state index >= 15 is 0 Å². The van der Waals surface area contributed by atoms with E-state index in [1.807, 2.05) is 30.8 Å². The highest BCUT2D eigenvalue weighted by atomic mass is 16.5. The van der Waals surface area contributed by atoms with Crippen molar-refractivity contribution in [2.45, 2.75) is 51.4 Å². The molecule has 1 aromatic heterocycles. The summed E-state index contributed by atoms with van der Waals surface area (Å²) >= 11 is 0. The van der Waals surface area contributed by atoms with E-state index in [2.05, 4.69) is 17.2 Å². The van der Waals surface area contributed by atoms with Gasteiger partial charge in [-0.2, -0.15) is 5.10 Å². The SMILES string of the molecule is CC(C)(O)Cc1cccc2c1cnn2C1CCCCO1. The van der Waals surface area contributed by atoms with E-state index in [1.54, 1.807) is 0 Å². The molecule has 1 atom stereocenters. The van der Waals surface area contributed by atoms with Gasteiger partial charge in [-0.1, -0.05) is 12.1 Å². The van der Waals surface area contributed by atoms with E-state index in [9.17, 15) is 5.11 Å². The summed E-state index contributed by atoms with van der Waals surface area (Å²) in [5, 5.41) is 15.7. The number of fused-ring (bicyclic) bond motifs is 1. The maximum absolute atomic E-state index is 10.0. The molecule has 0 saturated carbocycles. The van der Waals surface area contributed by atoms with Crippen molar-refractivity contribution < 1.29 is 9.84 Å². The van der Waals surface area contributed by atoms with Crippen molar-refractivity contribution in [3.8, 4) is 0 Å². The molecular weight excluding hydrogens is 252 g/mol. The Labute approximate surface area is 119 Å². The van der Waals surface area contributed by atoms with Crippen LogP contribution in [0, 0.1) is 0 Å². The molecule has 1 unspecified atom stereocenters. The van der Waals surface area contributed by atoms with Crippen molar-refractivity contribution in [1.29, 1.82) is 0 Å². The number of ether oxygens (including phenoxy) is 1. The van der Waals surface area contributed by atoms with Gasteiger partial charge in [0.2, 0.25) is 0 Å². The van der Waals surface area contributed by atoms with E-state index in [4.69, 9.17) is 4.74 Å². The number of aromatic nitrogens is 2. The number of rotatable bonds is 3. The van der Waals surface area contributed by atoms with Crippen LogP contribution in [0.25, 0.3) is 10.9 Å². The minimum Gasteiger partial charge on any atom is -0.390 e. The zero-order valence-electron chi connectivity index (χ0n) is 12.2. The van der Waals surface area contributed by atoms with Crippen molar-refractivity contribution in [3.05, 3.63) is 30.0 Å². The summed E-state index contributed by atoms with van der Waals surface area (Å²) in [6.45, 7) is 4.48. The smallest absolute Gasteiger partial charge is 0.150 e. The van der Waals surface area contributed by atoms with Crippen LogP contribution in [0.2, 0.25) is 0 Å². The van der Waals surface area contributed by atoms with Gasteiger partial charge >= 0.3 is 0 Å². The van der Waals surface area contributed by atoms with Crippen LogP contribution in [0.1, 0.15) is 44.9 Å². The molecule has 4 heteroatoms. The van der Waals surface area contributed by atoms with Gasteiger partial charge in [0.1, 0.15) is 0 Å². The lowest BCUT2D eigenvalue weighted by Gasteiger charge is -2.23. The van der Waals surface area contributed by atoms with E-state index in [0.717, 1.165) is 35.9 Å². The van der Waals surface area contributed by atoms with Crippen LogP contribution in [0.5, 0.6) is 0 Å². The third-order valence-corrected chi connectivity index (χ3v) is 3.78. The summed E-state index contributed by atoms with van der Waals surface area (Å²) in [5.41, 5.74) is 1.52. The Hall–Kier alpha value is -1.39. The van der Waals surface area contributed by atoms with Gasteiger partial charge in [0.05, 0.1) is 17.3 Å². The van der Waals surface area contributed by atoms with Gasteiger partial charge in [-0.25, -0.2) is 4.68 Å². The minimum atomic E-state index is -0.711. The molecule has 1 aliphatic heterocycles. The second kappa shape index (κ2) is 5.19. The predicted molar refractivity (Wildman–Crippen MR) is 78.6 cm³/mol. The fourth-order valence-corrected chi connectivity index (χ4v) is 2.90. The van der Waals surface area contributed by atoms with Crippen LogP contribution < -0.4 is 0 Å². The Bertz CT molecular complexity index is 592. The van der Waals surface area contributed by atoms with Crippen LogP contribution in [0.4, 0.5) is 0 Å². The van der Waals surface area contributed by atoms with Crippen LogP contribution in [0.15, 0.2) is 24.4 Å². The molecule has 20 heavy (non-hydrogen) atoms. The monoisotopic (exact) mass is 274 g/mol. The highest BCUT2D eigenvalue weighted by molar-refractivity contribution is 5.82. The molecule has 0 spiro atoms. The fraction of sp³-hybridized carbons (Fsp3) is 0.562. The Morgan fingerprint density at radius 1 is 1.40 bits per heavy atom. The summed E-state index contributed by atoms with van der Waals surface area (Å²) < 4.78 is 7.81. The highest BCUT2D eigenvalue weighted by Crippen LogP contribution is 2.28. The van der Waals surface area contributed by atoms with Crippen LogP contribution >= 0.6 is 0 Å². The summed E-state index contributed by atoms with van der Waals surface area (Å²) in [4.78, 5) is 0. The van der Waals surface area contributed by atoms with E-state index in [1.165, 1.54) is 6.42 Å². The maximum atomic E-state index is 10.0. The molecule has 4 nitrogen and oxygen atoms in total. The molecule has 1 aromatic carbocycles. The lowest BCUT2D eigenvalue weighted by molar-refractivity contribution is -0.0366. The van der Waals surface area contributed by atoms with Gasteiger partial charge in [-0.15, -0.1) is 0 Å². The number of benzene rings is 1. The molecule has 1 N–H and O–H groups in total. The first kappa shape index (κ1) is 13.6. The molecule has 1 aliphatic rings. The molecule has 3 rings (SSSR count). The lowest BCUT2D eigenvalue weighted by Crippen LogP contribution is -2.22. The number of aliphatic hydroxyl groups is 1. The van der Waals surface area contributed by atoms with Gasteiger partial charge in [-0.05, 0) is 44.7 Å². The highest BCUT2D eigenvalue weighted by Gasteiger charge is 2.21. The zero-order chi connectivity index (χ0) is 14.2. The number of nitrogens with zero attached hydrogens (tertiary/aromatic N) is 2. The Balaban J connectivity index is 1.98. The van der Waals surface area contributed by atoms with Gasteiger partial charge in [0.15, 0.2) is 6.23 Å². The molecule has 0 aliphatic carbocycles. The molecule has 1 fully saturated rings. The van der Waals surface area contributed by atoms with E-state index in [-0.39, 0.29) is 6.23 Å². The predicted octanol–water partition coefficient (Wildman–Crippen LogP) is 3.05. The number of hydrogen-bond donors (Lipinski definition) is 1. The van der Waals surface area contributed by atoms with Crippen molar-refractivity contribution in [2.75, 3.05) is 6.61 Å². The summed E-state index contributed by atoms with van der Waals surface area (Å²) in [7, 11) is 0. The second-order valence-electron chi connectivity index (χ2n) is 6.25. The first-order valence-corrected chi connectivity index (χ1v) is 7.34. The quantitative estimate of drug-likeness (QED) is 0.935. The first-order valence-electron chi connectivity index (χ1n) is 7.34. The number of hydrogen-bond acceptors (Lipinski definition) is 3. The van der Waals surface area contributed by atoms with Gasteiger partial charge in [0, 0.05) is 18.4 Å². The molecule has 2 aromatic rings.